The molecule has 16 nitrogen and oxygen atoms in total. The van der Waals surface area contributed by atoms with Gasteiger partial charge in [-0.15, -0.1) is 0 Å². The van der Waals surface area contributed by atoms with Gasteiger partial charge in [0, 0.05) is 51.5 Å². The number of methoxy groups -OCH3 is 3. The van der Waals surface area contributed by atoms with Crippen molar-refractivity contribution in [2.75, 3.05) is 47.6 Å². The van der Waals surface area contributed by atoms with Crippen LogP contribution in [0.3, 0.4) is 0 Å². The van der Waals surface area contributed by atoms with Crippen LogP contribution >= 0.6 is 0 Å². The number of hydrogen-bond donors (Lipinski definition) is 5. The Morgan fingerprint density at radius 2 is 1.15 bits per heavy atom. The molecular weight excluding hydrogens is 684 g/mol. The monoisotopic (exact) mass is 740 g/mol. The molecule has 6 rings (SSSR count). The van der Waals surface area contributed by atoms with Crippen molar-refractivity contribution in [1.82, 2.24) is 40.4 Å². The summed E-state index contributed by atoms with van der Waals surface area (Å²) in [5.41, 5.74) is 2.14. The number of aromatic nitrogens is 4. The van der Waals surface area contributed by atoms with Gasteiger partial charge >= 0.3 is 12.2 Å². The van der Waals surface area contributed by atoms with Gasteiger partial charge in [0.2, 0.25) is 11.8 Å². The van der Waals surface area contributed by atoms with Crippen molar-refractivity contribution in [2.45, 2.75) is 113 Å². The Morgan fingerprint density at radius 1 is 0.717 bits per heavy atom. The van der Waals surface area contributed by atoms with Crippen LogP contribution in [-0.2, 0) is 23.8 Å². The Bertz CT molecular complexity index is 1550. The highest BCUT2D eigenvalue weighted by Crippen LogP contribution is 2.46. The van der Waals surface area contributed by atoms with E-state index in [0.717, 1.165) is 74.4 Å². The summed E-state index contributed by atoms with van der Waals surface area (Å²) in [5.74, 6) is 3.30. The largest absolute Gasteiger partial charge is 0.465 e. The first-order chi connectivity index (χ1) is 25.7. The molecule has 2 aromatic rings. The van der Waals surface area contributed by atoms with Gasteiger partial charge in [0.25, 0.3) is 0 Å². The van der Waals surface area contributed by atoms with E-state index in [1.165, 1.54) is 47.0 Å². The van der Waals surface area contributed by atoms with Crippen LogP contribution in [0.2, 0.25) is 0 Å². The minimum absolute atomic E-state index is 0.0223. The number of carbonyl (C=O) groups excluding carboxylic acids is 3. The van der Waals surface area contributed by atoms with Crippen LogP contribution in [0.25, 0.3) is 0 Å². The molecule has 53 heavy (non-hydrogen) atoms. The molecule has 5 N–H and O–H groups in total. The Morgan fingerprint density at radius 3 is 1.55 bits per heavy atom. The average Bonchev–Trinajstić information content (AvgIpc) is 4.00. The third-order valence-corrected chi connectivity index (χ3v) is 12.0. The van der Waals surface area contributed by atoms with Gasteiger partial charge < -0.3 is 49.7 Å². The predicted molar refractivity (Wildman–Crippen MR) is 192 cm³/mol. The molecule has 0 unspecified atom stereocenters. The number of amides is 4. The molecule has 4 heterocycles. The molecule has 2 aromatic heterocycles. The minimum atomic E-state index is -1.25. The third kappa shape index (κ3) is 8.97. The van der Waals surface area contributed by atoms with Crippen LogP contribution in [-0.4, -0.2) is 119 Å². The summed E-state index contributed by atoms with van der Waals surface area (Å²) in [5, 5.41) is 14.1. The van der Waals surface area contributed by atoms with Gasteiger partial charge in [-0.2, -0.15) is 0 Å². The van der Waals surface area contributed by atoms with E-state index in [4.69, 9.17) is 24.2 Å². The van der Waals surface area contributed by atoms with Gasteiger partial charge in [0.05, 0.1) is 43.8 Å². The predicted octanol–water partition coefficient (Wildman–Crippen LogP) is 4.36. The normalized spacial score (nSPS) is 27.3. The fourth-order valence-electron chi connectivity index (χ4n) is 9.30. The molecule has 4 aliphatic rings. The zero-order valence-corrected chi connectivity index (χ0v) is 31.2. The van der Waals surface area contributed by atoms with Gasteiger partial charge in [0.15, 0.2) is 0 Å². The van der Waals surface area contributed by atoms with Gasteiger partial charge in [-0.25, -0.2) is 19.6 Å². The zero-order chi connectivity index (χ0) is 37.5. The highest BCUT2D eigenvalue weighted by atomic mass is 16.5. The minimum Gasteiger partial charge on any atom is -0.465 e. The summed E-state index contributed by atoms with van der Waals surface area (Å²) >= 11 is 0. The van der Waals surface area contributed by atoms with Gasteiger partial charge in [-0.3, -0.25) is 9.59 Å². The first-order valence-electron chi connectivity index (χ1n) is 19.2. The third-order valence-electron chi connectivity index (χ3n) is 12.0. The molecule has 0 aromatic carbocycles. The standard InChI is InChI=1S/C37H56N8O8/c1-51-20-28(42-36(48)49)34(46)44-16-4-6-30(44)32-38-18-26(40-32)24-12-8-22(9-13-24)23-10-14-25(15-11-23)27-19-39-33(41-27)31-7-5-17-45(31)35(47)29(21-52-2)43-37(50)53-3/h18-19,22-25,28-31,42H,4-17,20-21H2,1-3H3,(H,38,40)(H,39,41)(H,43,50)(H,48,49)/t22?,23?,24?,25?,28-,29-,30-,31-/m0/s1. The fourth-order valence-corrected chi connectivity index (χ4v) is 9.30. The van der Waals surface area contributed by atoms with Crippen molar-refractivity contribution in [2.24, 2.45) is 11.8 Å². The number of nitrogens with zero attached hydrogens (tertiary/aromatic N) is 4. The number of ether oxygens (including phenoxy) is 3. The molecule has 2 aliphatic heterocycles. The van der Waals surface area contributed by atoms with Crippen molar-refractivity contribution < 1.29 is 38.5 Å². The number of rotatable bonds is 13. The van der Waals surface area contributed by atoms with Crippen LogP contribution in [0.4, 0.5) is 9.59 Å². The maximum Gasteiger partial charge on any atom is 0.407 e. The lowest BCUT2D eigenvalue weighted by Gasteiger charge is -2.37. The van der Waals surface area contributed by atoms with Crippen molar-refractivity contribution in [3.05, 3.63) is 35.4 Å². The summed E-state index contributed by atoms with van der Waals surface area (Å²) < 4.78 is 15.0. The molecule has 2 saturated heterocycles. The van der Waals surface area contributed by atoms with E-state index in [-0.39, 0.29) is 37.1 Å². The zero-order valence-electron chi connectivity index (χ0n) is 31.2. The number of hydrogen-bond acceptors (Lipinski definition) is 9. The lowest BCUT2D eigenvalue weighted by Crippen LogP contribution is -2.50. The maximum atomic E-state index is 13.4. The lowest BCUT2D eigenvalue weighted by molar-refractivity contribution is -0.136. The number of carbonyl (C=O) groups is 4. The number of aromatic amines is 2. The molecule has 4 fully saturated rings. The number of alkyl carbamates (subject to hydrolysis) is 1. The van der Waals surface area contributed by atoms with E-state index in [2.05, 4.69) is 20.6 Å². The summed E-state index contributed by atoms with van der Waals surface area (Å²) in [7, 11) is 4.22. The topological polar surface area (TPSA) is 204 Å². The average molecular weight is 741 g/mol. The Hall–Kier alpha value is -4.18. The van der Waals surface area contributed by atoms with Crippen LogP contribution in [0.1, 0.15) is 124 Å². The van der Waals surface area contributed by atoms with E-state index in [9.17, 15) is 24.3 Å². The highest BCUT2D eigenvalue weighted by molar-refractivity contribution is 5.87. The number of H-pyrrole nitrogens is 2. The Balaban J connectivity index is 0.980. The molecule has 4 amide bonds. The molecule has 292 valence electrons. The van der Waals surface area contributed by atoms with Crippen molar-refractivity contribution in [1.29, 1.82) is 0 Å². The van der Waals surface area contributed by atoms with E-state index < -0.39 is 24.3 Å². The molecule has 0 bridgehead atoms. The van der Waals surface area contributed by atoms with Gasteiger partial charge in [0.1, 0.15) is 23.7 Å². The molecule has 16 heteroatoms. The smallest absolute Gasteiger partial charge is 0.407 e. The molecule has 0 spiro atoms. The van der Waals surface area contributed by atoms with Crippen LogP contribution in [0.5, 0.6) is 0 Å². The van der Waals surface area contributed by atoms with E-state index in [1.807, 2.05) is 12.4 Å². The van der Waals surface area contributed by atoms with Gasteiger partial charge in [-0.05, 0) is 88.9 Å². The highest BCUT2D eigenvalue weighted by Gasteiger charge is 2.39. The second-order valence-corrected chi connectivity index (χ2v) is 15.1. The first-order valence-corrected chi connectivity index (χ1v) is 19.2. The molecule has 2 saturated carbocycles. The van der Waals surface area contributed by atoms with E-state index in [0.29, 0.717) is 36.8 Å². The number of carboxylic acid groups (broad SMARTS) is 1. The fraction of sp³-hybridized carbons (Fsp3) is 0.730. The van der Waals surface area contributed by atoms with Crippen molar-refractivity contribution in [3.63, 3.8) is 0 Å². The first kappa shape index (κ1) is 38.5. The summed E-state index contributed by atoms with van der Waals surface area (Å²) in [6.45, 7) is 1.20. The second kappa shape index (κ2) is 17.8. The van der Waals surface area contributed by atoms with E-state index >= 15 is 0 Å². The van der Waals surface area contributed by atoms with Gasteiger partial charge in [-0.1, -0.05) is 0 Å². The quantitative estimate of drug-likeness (QED) is 0.196. The van der Waals surface area contributed by atoms with Crippen LogP contribution in [0.15, 0.2) is 12.4 Å². The van der Waals surface area contributed by atoms with Crippen molar-refractivity contribution in [3.8, 4) is 0 Å². The maximum absolute atomic E-state index is 13.4. The molecular formula is C37H56N8O8. The Labute approximate surface area is 310 Å². The SMILES string of the molecule is COC[C@H](NC(=O)O)C(=O)N1CCC[C@H]1c1nc(C2CCC(C3CCC(c4c[nH]c([C@@H]5CCCN5C(=O)[C@H](COC)NC(=O)OC)n4)CC3)CC2)c[nH]1. The number of nitrogens with one attached hydrogen (secondary N) is 4. The summed E-state index contributed by atoms with van der Waals surface area (Å²) in [6.07, 6.45) is 14.6. The van der Waals surface area contributed by atoms with Crippen LogP contribution < -0.4 is 10.6 Å². The lowest BCUT2D eigenvalue weighted by atomic mass is 9.68. The van der Waals surface area contributed by atoms with Crippen LogP contribution in [0, 0.1) is 11.8 Å². The second-order valence-electron chi connectivity index (χ2n) is 15.1. The van der Waals surface area contributed by atoms with Crippen molar-refractivity contribution >= 4 is 24.0 Å². The molecule has 0 radical (unpaired) electrons. The molecule has 2 aliphatic carbocycles. The summed E-state index contributed by atoms with van der Waals surface area (Å²) in [4.78, 5) is 70.1. The molecule has 4 atom stereocenters. The number of imidazole rings is 2. The summed E-state index contributed by atoms with van der Waals surface area (Å²) in [6, 6.07) is -2.14. The number of likely N-dealkylation sites (tertiary alicyclic amines) is 2. The van der Waals surface area contributed by atoms with E-state index in [1.54, 1.807) is 9.80 Å². The Kier molecular flexibility index (Phi) is 12.9.